The number of nitriles is 1. The molecule has 0 saturated heterocycles. The van der Waals surface area contributed by atoms with Gasteiger partial charge in [-0.05, 0) is 23.8 Å². The molecule has 0 spiro atoms. The topological polar surface area (TPSA) is 111 Å². The second-order valence-electron chi connectivity index (χ2n) is 5.59. The van der Waals surface area contributed by atoms with E-state index in [0.717, 1.165) is 11.3 Å². The van der Waals surface area contributed by atoms with Gasteiger partial charge >= 0.3 is 0 Å². The van der Waals surface area contributed by atoms with Gasteiger partial charge in [-0.3, -0.25) is 9.36 Å². The summed E-state index contributed by atoms with van der Waals surface area (Å²) in [6.07, 6.45) is 2.23. The molecule has 132 valence electrons. The highest BCUT2D eigenvalue weighted by molar-refractivity contribution is 7.98. The van der Waals surface area contributed by atoms with E-state index in [1.165, 1.54) is 11.8 Å². The molecule has 0 unspecified atom stereocenters. The number of hydrogen-bond donors (Lipinski definition) is 1. The van der Waals surface area contributed by atoms with Crippen LogP contribution in [0.5, 0.6) is 0 Å². The predicted molar refractivity (Wildman–Crippen MR) is 96.1 cm³/mol. The zero-order chi connectivity index (χ0) is 18.4. The summed E-state index contributed by atoms with van der Waals surface area (Å²) in [6.45, 7) is 0.469. The van der Waals surface area contributed by atoms with Crippen molar-refractivity contribution in [2.45, 2.75) is 30.3 Å². The van der Waals surface area contributed by atoms with Crippen molar-refractivity contribution in [2.24, 2.45) is 5.73 Å². The first kappa shape index (κ1) is 17.8. The summed E-state index contributed by atoms with van der Waals surface area (Å²) in [5.41, 5.74) is 6.83. The third kappa shape index (κ3) is 4.32. The molecule has 3 aromatic rings. The summed E-state index contributed by atoms with van der Waals surface area (Å²) < 4.78 is 7.34. The number of aromatic nitrogens is 3. The smallest absolute Gasteiger partial charge is 0.217 e. The third-order valence-corrected chi connectivity index (χ3v) is 4.79. The molecule has 26 heavy (non-hydrogen) atoms. The first-order chi connectivity index (χ1) is 12.7. The number of carbonyl (C=O) groups excluding carboxylic acids is 1. The Balaban J connectivity index is 1.81. The number of thioether (sulfide) groups is 1. The number of amides is 1. The van der Waals surface area contributed by atoms with E-state index in [9.17, 15) is 10.1 Å². The highest BCUT2D eigenvalue weighted by Crippen LogP contribution is 2.25. The van der Waals surface area contributed by atoms with Crippen LogP contribution in [0.15, 0.2) is 52.2 Å². The van der Waals surface area contributed by atoms with Crippen LogP contribution in [0.1, 0.15) is 29.1 Å². The Kier molecular flexibility index (Phi) is 5.71. The molecular weight excluding hydrogens is 350 g/mol. The standard InChI is InChI=1S/C18H17N5O2S/c19-10-13-4-1-2-5-14(13)12-26-18-22-21-17(8-7-16(20)24)23(18)11-15-6-3-9-25-15/h1-6,9H,7-8,11-12H2,(H2,20,24). The van der Waals surface area contributed by atoms with Gasteiger partial charge in [-0.1, -0.05) is 30.0 Å². The number of primary amides is 1. The molecule has 2 aromatic heterocycles. The highest BCUT2D eigenvalue weighted by atomic mass is 32.2. The van der Waals surface area contributed by atoms with E-state index < -0.39 is 0 Å². The number of carbonyl (C=O) groups is 1. The quantitative estimate of drug-likeness (QED) is 0.612. The Morgan fingerprint density at radius 1 is 1.27 bits per heavy atom. The number of nitrogens with zero attached hydrogens (tertiary/aromatic N) is 4. The Morgan fingerprint density at radius 2 is 2.12 bits per heavy atom. The van der Waals surface area contributed by atoms with E-state index in [2.05, 4.69) is 16.3 Å². The fourth-order valence-corrected chi connectivity index (χ4v) is 3.42. The van der Waals surface area contributed by atoms with Crippen LogP contribution in [0.2, 0.25) is 0 Å². The molecule has 0 saturated carbocycles. The van der Waals surface area contributed by atoms with Crippen LogP contribution in [0.3, 0.4) is 0 Å². The monoisotopic (exact) mass is 367 g/mol. The molecule has 0 bridgehead atoms. The molecule has 3 rings (SSSR count). The Morgan fingerprint density at radius 3 is 2.85 bits per heavy atom. The van der Waals surface area contributed by atoms with Gasteiger partial charge in [0.2, 0.25) is 5.91 Å². The maximum Gasteiger partial charge on any atom is 0.217 e. The molecule has 2 N–H and O–H groups in total. The minimum atomic E-state index is -0.380. The Hall–Kier alpha value is -3.05. The number of furan rings is 1. The number of nitrogens with two attached hydrogens (primary N) is 1. The predicted octanol–water partition coefficient (Wildman–Crippen LogP) is 2.50. The van der Waals surface area contributed by atoms with E-state index in [0.29, 0.717) is 35.3 Å². The Labute approximate surface area is 154 Å². The molecule has 0 aliphatic carbocycles. The average Bonchev–Trinajstić information content (AvgIpc) is 3.29. The summed E-state index contributed by atoms with van der Waals surface area (Å²) in [7, 11) is 0. The molecule has 0 aliphatic rings. The van der Waals surface area contributed by atoms with Gasteiger partial charge in [0.05, 0.1) is 24.4 Å². The van der Waals surface area contributed by atoms with E-state index in [1.807, 2.05) is 34.9 Å². The zero-order valence-electron chi connectivity index (χ0n) is 14.0. The van der Waals surface area contributed by atoms with E-state index in [4.69, 9.17) is 10.2 Å². The minimum Gasteiger partial charge on any atom is -0.467 e. The van der Waals surface area contributed by atoms with Crippen LogP contribution >= 0.6 is 11.8 Å². The summed E-state index contributed by atoms with van der Waals surface area (Å²) in [5, 5.41) is 18.4. The second kappa shape index (κ2) is 8.36. The van der Waals surface area contributed by atoms with Gasteiger partial charge in [-0.25, -0.2) is 0 Å². The minimum absolute atomic E-state index is 0.207. The fourth-order valence-electron chi connectivity index (χ4n) is 2.46. The molecule has 2 heterocycles. The van der Waals surface area contributed by atoms with Gasteiger partial charge in [-0.15, -0.1) is 10.2 Å². The second-order valence-corrected chi connectivity index (χ2v) is 6.53. The summed E-state index contributed by atoms with van der Waals surface area (Å²) in [6, 6.07) is 13.4. The molecule has 0 atom stereocenters. The van der Waals surface area contributed by atoms with Gasteiger partial charge in [-0.2, -0.15) is 5.26 Å². The normalized spacial score (nSPS) is 10.6. The van der Waals surface area contributed by atoms with Crippen LogP contribution in [0.25, 0.3) is 0 Å². The van der Waals surface area contributed by atoms with Crippen molar-refractivity contribution >= 4 is 17.7 Å². The maximum absolute atomic E-state index is 11.1. The lowest BCUT2D eigenvalue weighted by atomic mass is 10.1. The number of hydrogen-bond acceptors (Lipinski definition) is 6. The molecule has 1 aromatic carbocycles. The highest BCUT2D eigenvalue weighted by Gasteiger charge is 2.15. The van der Waals surface area contributed by atoms with Crippen LogP contribution in [-0.4, -0.2) is 20.7 Å². The van der Waals surface area contributed by atoms with Gasteiger partial charge < -0.3 is 10.2 Å². The van der Waals surface area contributed by atoms with Crippen molar-refractivity contribution < 1.29 is 9.21 Å². The van der Waals surface area contributed by atoms with Crippen molar-refractivity contribution in [3.63, 3.8) is 0 Å². The first-order valence-corrected chi connectivity index (χ1v) is 8.99. The van der Waals surface area contributed by atoms with E-state index >= 15 is 0 Å². The van der Waals surface area contributed by atoms with Crippen LogP contribution in [-0.2, 0) is 23.5 Å². The van der Waals surface area contributed by atoms with Crippen molar-refractivity contribution in [1.82, 2.24) is 14.8 Å². The molecule has 0 aliphatic heterocycles. The average molecular weight is 367 g/mol. The molecule has 1 amide bonds. The van der Waals surface area contributed by atoms with E-state index in [-0.39, 0.29) is 12.3 Å². The molecular formula is C18H17N5O2S. The van der Waals surface area contributed by atoms with Crippen LogP contribution in [0, 0.1) is 11.3 Å². The van der Waals surface area contributed by atoms with Crippen molar-refractivity contribution in [2.75, 3.05) is 0 Å². The summed E-state index contributed by atoms with van der Waals surface area (Å²) in [5.74, 6) is 1.66. The molecule has 0 radical (unpaired) electrons. The third-order valence-electron chi connectivity index (χ3n) is 3.78. The van der Waals surface area contributed by atoms with Gasteiger partial charge in [0.25, 0.3) is 0 Å². The van der Waals surface area contributed by atoms with Crippen molar-refractivity contribution in [3.05, 3.63) is 65.4 Å². The van der Waals surface area contributed by atoms with E-state index in [1.54, 1.807) is 12.3 Å². The summed E-state index contributed by atoms with van der Waals surface area (Å²) in [4.78, 5) is 11.1. The van der Waals surface area contributed by atoms with Crippen LogP contribution in [0.4, 0.5) is 0 Å². The molecule has 7 nitrogen and oxygen atoms in total. The van der Waals surface area contributed by atoms with Crippen LogP contribution < -0.4 is 5.73 Å². The molecule has 0 fully saturated rings. The maximum atomic E-state index is 11.1. The zero-order valence-corrected chi connectivity index (χ0v) is 14.8. The largest absolute Gasteiger partial charge is 0.467 e. The van der Waals surface area contributed by atoms with Gasteiger partial charge in [0, 0.05) is 18.6 Å². The van der Waals surface area contributed by atoms with Crippen molar-refractivity contribution in [3.8, 4) is 6.07 Å². The number of rotatable bonds is 8. The lowest BCUT2D eigenvalue weighted by Gasteiger charge is -2.09. The number of benzene rings is 1. The number of aryl methyl sites for hydroxylation is 1. The lowest BCUT2D eigenvalue weighted by Crippen LogP contribution is -2.14. The summed E-state index contributed by atoms with van der Waals surface area (Å²) >= 11 is 1.49. The molecule has 8 heteroatoms. The fraction of sp³-hybridized carbons (Fsp3) is 0.222. The lowest BCUT2D eigenvalue weighted by molar-refractivity contribution is -0.118. The Bertz CT molecular complexity index is 927. The van der Waals surface area contributed by atoms with Crippen molar-refractivity contribution in [1.29, 1.82) is 5.26 Å². The van der Waals surface area contributed by atoms with Gasteiger partial charge in [0.15, 0.2) is 5.16 Å². The van der Waals surface area contributed by atoms with Gasteiger partial charge in [0.1, 0.15) is 11.6 Å². The SMILES string of the molecule is N#Cc1ccccc1CSc1nnc(CCC(N)=O)n1Cc1ccco1. The first-order valence-electron chi connectivity index (χ1n) is 8.01.